The molecule has 132 valence electrons. The van der Waals surface area contributed by atoms with Crippen LogP contribution in [0, 0.1) is 0 Å². The molecule has 2 atom stereocenters. The van der Waals surface area contributed by atoms with Crippen LogP contribution in [0.5, 0.6) is 0 Å². The Kier molecular flexibility index (Phi) is 5.18. The average molecular weight is 334 g/mol. The quantitative estimate of drug-likeness (QED) is 0.819. The van der Waals surface area contributed by atoms with Crippen LogP contribution >= 0.6 is 0 Å². The van der Waals surface area contributed by atoms with Crippen LogP contribution in [0.15, 0.2) is 10.6 Å². The first kappa shape index (κ1) is 17.0. The van der Waals surface area contributed by atoms with Crippen molar-refractivity contribution in [2.45, 2.75) is 63.5 Å². The maximum atomic E-state index is 12.3. The highest BCUT2D eigenvalue weighted by Crippen LogP contribution is 2.40. The average Bonchev–Trinajstić information content (AvgIpc) is 3.29. The summed E-state index contributed by atoms with van der Waals surface area (Å²) in [6, 6.07) is 1.93. The van der Waals surface area contributed by atoms with Crippen LogP contribution in [0.3, 0.4) is 0 Å². The molecule has 1 saturated heterocycles. The number of aromatic nitrogens is 1. The van der Waals surface area contributed by atoms with Crippen molar-refractivity contribution in [3.63, 3.8) is 0 Å². The lowest BCUT2D eigenvalue weighted by molar-refractivity contribution is -0.134. The lowest BCUT2D eigenvalue weighted by atomic mass is 9.97. The largest absolute Gasteiger partial charge is 0.360 e. The molecule has 0 aromatic carbocycles. The fraction of sp³-hybridized carbons (Fsp3) is 0.706. The first-order valence-electron chi connectivity index (χ1n) is 8.85. The predicted molar refractivity (Wildman–Crippen MR) is 88.4 cm³/mol. The molecule has 3 N–H and O–H groups in total. The first-order chi connectivity index (χ1) is 11.6. The number of piperidine rings is 1. The Morgan fingerprint density at radius 2 is 2.21 bits per heavy atom. The molecular weight excluding hydrogens is 308 g/mol. The van der Waals surface area contributed by atoms with Crippen LogP contribution < -0.4 is 11.1 Å². The maximum absolute atomic E-state index is 12.3. The van der Waals surface area contributed by atoms with Crippen molar-refractivity contribution in [2.24, 2.45) is 5.73 Å². The van der Waals surface area contributed by atoms with Gasteiger partial charge in [-0.25, -0.2) is 0 Å². The highest BCUT2D eigenvalue weighted by atomic mass is 16.5. The van der Waals surface area contributed by atoms with E-state index in [9.17, 15) is 9.59 Å². The van der Waals surface area contributed by atoms with Crippen molar-refractivity contribution >= 4 is 11.8 Å². The van der Waals surface area contributed by atoms with E-state index >= 15 is 0 Å². The zero-order chi connectivity index (χ0) is 17.1. The van der Waals surface area contributed by atoms with Gasteiger partial charge in [0.15, 0.2) is 5.69 Å². The molecule has 1 aliphatic carbocycles. The van der Waals surface area contributed by atoms with Gasteiger partial charge in [0.1, 0.15) is 5.76 Å². The number of hydrogen-bond acceptors (Lipinski definition) is 5. The molecule has 0 radical (unpaired) electrons. The topological polar surface area (TPSA) is 101 Å². The van der Waals surface area contributed by atoms with E-state index in [2.05, 4.69) is 10.5 Å². The molecule has 2 fully saturated rings. The van der Waals surface area contributed by atoms with Gasteiger partial charge in [-0.15, -0.1) is 0 Å². The number of nitrogens with two attached hydrogens (primary N) is 1. The third-order valence-electron chi connectivity index (χ3n) is 4.87. The zero-order valence-corrected chi connectivity index (χ0v) is 14.2. The van der Waals surface area contributed by atoms with E-state index in [0.717, 1.165) is 37.9 Å². The third kappa shape index (κ3) is 3.95. The van der Waals surface area contributed by atoms with Crippen LogP contribution in [-0.4, -0.2) is 47.0 Å². The van der Waals surface area contributed by atoms with Crippen molar-refractivity contribution < 1.29 is 14.1 Å². The molecule has 7 heteroatoms. The first-order valence-corrected chi connectivity index (χ1v) is 8.85. The van der Waals surface area contributed by atoms with Gasteiger partial charge in [-0.3, -0.25) is 9.59 Å². The summed E-state index contributed by atoms with van der Waals surface area (Å²) in [7, 11) is 0. The Morgan fingerprint density at radius 1 is 1.42 bits per heavy atom. The highest BCUT2D eigenvalue weighted by molar-refractivity contribution is 5.92. The minimum absolute atomic E-state index is 0.0622. The van der Waals surface area contributed by atoms with E-state index in [1.807, 2.05) is 11.8 Å². The van der Waals surface area contributed by atoms with Gasteiger partial charge in [0, 0.05) is 37.0 Å². The Hall–Kier alpha value is -1.89. The molecule has 3 rings (SSSR count). The van der Waals surface area contributed by atoms with E-state index in [4.69, 9.17) is 10.3 Å². The number of hydrogen-bond donors (Lipinski definition) is 2. The van der Waals surface area contributed by atoms with Gasteiger partial charge in [-0.2, -0.15) is 0 Å². The molecule has 0 bridgehead atoms. The Morgan fingerprint density at radius 3 is 2.88 bits per heavy atom. The van der Waals surface area contributed by atoms with E-state index in [1.54, 1.807) is 6.07 Å². The molecule has 24 heavy (non-hydrogen) atoms. The van der Waals surface area contributed by atoms with Crippen molar-refractivity contribution in [2.75, 3.05) is 13.1 Å². The highest BCUT2D eigenvalue weighted by Gasteiger charge is 2.31. The molecule has 2 heterocycles. The smallest absolute Gasteiger partial charge is 0.273 e. The van der Waals surface area contributed by atoms with Gasteiger partial charge in [-0.1, -0.05) is 5.16 Å². The molecule has 2 amide bonds. The normalized spacial score (nSPS) is 24.0. The van der Waals surface area contributed by atoms with Crippen molar-refractivity contribution in [3.8, 4) is 0 Å². The minimum Gasteiger partial charge on any atom is -0.360 e. The van der Waals surface area contributed by atoms with Crippen molar-refractivity contribution in [3.05, 3.63) is 17.5 Å². The molecule has 1 aromatic rings. The molecule has 1 aromatic heterocycles. The van der Waals surface area contributed by atoms with Gasteiger partial charge in [-0.05, 0) is 45.6 Å². The summed E-state index contributed by atoms with van der Waals surface area (Å²) in [4.78, 5) is 26.4. The number of nitrogens with zero attached hydrogens (tertiary/aromatic N) is 2. The molecule has 2 aliphatic rings. The monoisotopic (exact) mass is 334 g/mol. The van der Waals surface area contributed by atoms with Gasteiger partial charge in [0.25, 0.3) is 5.91 Å². The summed E-state index contributed by atoms with van der Waals surface area (Å²) in [5.74, 6) is 1.23. The third-order valence-corrected chi connectivity index (χ3v) is 4.87. The predicted octanol–water partition coefficient (Wildman–Crippen LogP) is 1.40. The lowest BCUT2D eigenvalue weighted by Crippen LogP contribution is -2.51. The molecular formula is C17H26N4O3. The molecule has 0 spiro atoms. The summed E-state index contributed by atoms with van der Waals surface area (Å²) >= 11 is 0. The fourth-order valence-electron chi connectivity index (χ4n) is 3.29. The fourth-order valence-corrected chi connectivity index (χ4v) is 3.29. The van der Waals surface area contributed by atoms with E-state index in [1.165, 1.54) is 0 Å². The van der Waals surface area contributed by atoms with Crippen molar-refractivity contribution in [1.82, 2.24) is 15.4 Å². The molecule has 7 nitrogen and oxygen atoms in total. The summed E-state index contributed by atoms with van der Waals surface area (Å²) in [5, 5.41) is 6.90. The SMILES string of the molecule is CC1CC(NC(=O)c2cc(C3CC3)on2)CCN1C(=O)CCCN. The number of amides is 2. The maximum Gasteiger partial charge on any atom is 0.273 e. The summed E-state index contributed by atoms with van der Waals surface area (Å²) in [6.07, 6.45) is 4.97. The van der Waals surface area contributed by atoms with Crippen molar-refractivity contribution in [1.29, 1.82) is 0 Å². The number of nitrogens with one attached hydrogen (secondary N) is 1. The van der Waals surface area contributed by atoms with Gasteiger partial charge in [0.05, 0.1) is 0 Å². The van der Waals surface area contributed by atoms with Gasteiger partial charge in [0.2, 0.25) is 5.91 Å². The van der Waals surface area contributed by atoms with Crippen LogP contribution in [-0.2, 0) is 4.79 Å². The summed E-state index contributed by atoms with van der Waals surface area (Å²) in [5.41, 5.74) is 5.82. The van der Waals surface area contributed by atoms with Gasteiger partial charge >= 0.3 is 0 Å². The molecule has 1 aliphatic heterocycles. The second-order valence-electron chi connectivity index (χ2n) is 6.91. The van der Waals surface area contributed by atoms with Crippen LogP contribution in [0.25, 0.3) is 0 Å². The van der Waals surface area contributed by atoms with Crippen LogP contribution in [0.2, 0.25) is 0 Å². The standard InChI is InChI=1S/C17H26N4O3/c1-11-9-13(6-8-21(11)16(22)3-2-7-18)19-17(23)14-10-15(24-20-14)12-4-5-12/h10-13H,2-9,18H2,1H3,(H,19,23). The molecule has 1 saturated carbocycles. The Bertz CT molecular complexity index is 596. The number of likely N-dealkylation sites (tertiary alicyclic amines) is 1. The van der Waals surface area contributed by atoms with E-state index in [-0.39, 0.29) is 23.9 Å². The second-order valence-corrected chi connectivity index (χ2v) is 6.91. The van der Waals surface area contributed by atoms with Crippen LogP contribution in [0.1, 0.15) is 67.6 Å². The Balaban J connectivity index is 1.49. The zero-order valence-electron chi connectivity index (χ0n) is 14.2. The van der Waals surface area contributed by atoms with E-state index in [0.29, 0.717) is 31.1 Å². The Labute approximate surface area is 141 Å². The second kappa shape index (κ2) is 7.34. The number of carbonyl (C=O) groups is 2. The van der Waals surface area contributed by atoms with Gasteiger partial charge < -0.3 is 20.5 Å². The van der Waals surface area contributed by atoms with E-state index < -0.39 is 0 Å². The number of rotatable bonds is 6. The lowest BCUT2D eigenvalue weighted by Gasteiger charge is -2.38. The summed E-state index contributed by atoms with van der Waals surface area (Å²) in [6.45, 7) is 3.23. The molecule has 2 unspecified atom stereocenters. The minimum atomic E-state index is -0.189. The van der Waals surface area contributed by atoms with Crippen LogP contribution in [0.4, 0.5) is 0 Å². The number of carbonyl (C=O) groups excluding carboxylic acids is 2. The summed E-state index contributed by atoms with van der Waals surface area (Å²) < 4.78 is 5.23.